The van der Waals surface area contributed by atoms with Crippen LogP contribution in [0.4, 0.5) is 10.1 Å². The Morgan fingerprint density at radius 1 is 1.03 bits per heavy atom. The molecule has 8 heteroatoms. The van der Waals surface area contributed by atoms with Gasteiger partial charge in [-0.15, -0.1) is 0 Å². The maximum Gasteiger partial charge on any atom is 0.300 e. The van der Waals surface area contributed by atoms with Crippen LogP contribution < -0.4 is 19.1 Å². The van der Waals surface area contributed by atoms with Gasteiger partial charge in [0.25, 0.3) is 11.7 Å². The van der Waals surface area contributed by atoms with E-state index in [0.29, 0.717) is 28.5 Å². The number of halogens is 1. The summed E-state index contributed by atoms with van der Waals surface area (Å²) in [5.74, 6) is -1.21. The van der Waals surface area contributed by atoms with E-state index in [1.807, 2.05) is 0 Å². The SMILES string of the molecule is COc1ccccc1C1/C(=C(\O)c2ccc3c(c2)OCO3)C(=O)C(=O)N1c1ccc(F)cc1. The van der Waals surface area contributed by atoms with Crippen LogP contribution in [-0.4, -0.2) is 30.7 Å². The smallest absolute Gasteiger partial charge is 0.300 e. The van der Waals surface area contributed by atoms with Gasteiger partial charge in [0, 0.05) is 16.8 Å². The molecule has 3 aromatic rings. The molecule has 0 bridgehead atoms. The molecule has 1 amide bonds. The fourth-order valence-electron chi connectivity index (χ4n) is 4.09. The standard InChI is InChI=1S/C25H18FNO6/c1-31-18-5-3-2-4-17(18)22-21(23(28)14-6-11-19-20(12-14)33-13-32-19)24(29)25(30)27(22)16-9-7-15(26)8-10-16/h2-12,22,28H,13H2,1H3/b23-21+. The Bertz CT molecular complexity index is 1300. The molecule has 166 valence electrons. The van der Waals surface area contributed by atoms with Crippen LogP contribution in [0.15, 0.2) is 72.3 Å². The van der Waals surface area contributed by atoms with Gasteiger partial charge < -0.3 is 19.3 Å². The fourth-order valence-corrected chi connectivity index (χ4v) is 4.09. The third-order valence-corrected chi connectivity index (χ3v) is 5.63. The predicted molar refractivity (Wildman–Crippen MR) is 117 cm³/mol. The van der Waals surface area contributed by atoms with Gasteiger partial charge >= 0.3 is 0 Å². The van der Waals surface area contributed by atoms with E-state index in [1.54, 1.807) is 42.5 Å². The van der Waals surface area contributed by atoms with E-state index in [1.165, 1.54) is 36.3 Å². The normalized spacial score (nSPS) is 18.6. The lowest BCUT2D eigenvalue weighted by molar-refractivity contribution is -0.132. The van der Waals surface area contributed by atoms with Crippen LogP contribution in [0.25, 0.3) is 5.76 Å². The molecule has 1 N–H and O–H groups in total. The number of carbonyl (C=O) groups is 2. The number of hydrogen-bond donors (Lipinski definition) is 1. The second-order valence-corrected chi connectivity index (χ2v) is 7.46. The zero-order valence-electron chi connectivity index (χ0n) is 17.4. The quantitative estimate of drug-likeness (QED) is 0.367. The summed E-state index contributed by atoms with van der Waals surface area (Å²) in [6, 6.07) is 15.8. The minimum Gasteiger partial charge on any atom is -0.507 e. The van der Waals surface area contributed by atoms with Crippen molar-refractivity contribution >= 4 is 23.1 Å². The zero-order valence-corrected chi connectivity index (χ0v) is 17.4. The molecular formula is C25H18FNO6. The fraction of sp³-hybridized carbons (Fsp3) is 0.120. The highest BCUT2D eigenvalue weighted by atomic mass is 19.1. The number of amides is 1. The maximum atomic E-state index is 13.6. The molecule has 0 saturated carbocycles. The molecule has 2 heterocycles. The third kappa shape index (κ3) is 3.36. The zero-order chi connectivity index (χ0) is 23.1. The highest BCUT2D eigenvalue weighted by Gasteiger charge is 2.48. The van der Waals surface area contributed by atoms with Crippen molar-refractivity contribution in [3.8, 4) is 17.2 Å². The third-order valence-electron chi connectivity index (χ3n) is 5.63. The number of carbonyl (C=O) groups excluding carboxylic acids is 2. The first-order valence-corrected chi connectivity index (χ1v) is 10.1. The average molecular weight is 447 g/mol. The summed E-state index contributed by atoms with van der Waals surface area (Å²) >= 11 is 0. The van der Waals surface area contributed by atoms with Crippen LogP contribution in [-0.2, 0) is 9.59 Å². The van der Waals surface area contributed by atoms with Crippen LogP contribution in [0.2, 0.25) is 0 Å². The monoisotopic (exact) mass is 447 g/mol. The van der Waals surface area contributed by atoms with Crippen molar-refractivity contribution in [1.82, 2.24) is 0 Å². The van der Waals surface area contributed by atoms with E-state index >= 15 is 0 Å². The number of Topliss-reactive ketones (excluding diaryl/α,β-unsaturated/α-hetero) is 1. The highest BCUT2D eigenvalue weighted by Crippen LogP contribution is 2.45. The number of aliphatic hydroxyl groups is 1. The van der Waals surface area contributed by atoms with Gasteiger partial charge in [-0.1, -0.05) is 18.2 Å². The Labute approximate surface area is 188 Å². The summed E-state index contributed by atoms with van der Waals surface area (Å²) in [7, 11) is 1.47. The van der Waals surface area contributed by atoms with Crippen LogP contribution >= 0.6 is 0 Å². The van der Waals surface area contributed by atoms with Gasteiger partial charge in [0.15, 0.2) is 11.5 Å². The molecule has 0 aromatic heterocycles. The highest BCUT2D eigenvalue weighted by molar-refractivity contribution is 6.51. The van der Waals surface area contributed by atoms with Gasteiger partial charge in [0.2, 0.25) is 6.79 Å². The number of rotatable bonds is 4. The van der Waals surface area contributed by atoms with E-state index in [0.717, 1.165) is 0 Å². The van der Waals surface area contributed by atoms with Crippen LogP contribution in [0, 0.1) is 5.82 Å². The molecule has 2 aliphatic heterocycles. The van der Waals surface area contributed by atoms with Crippen LogP contribution in [0.3, 0.4) is 0 Å². The van der Waals surface area contributed by atoms with Gasteiger partial charge in [-0.25, -0.2) is 4.39 Å². The van der Waals surface area contributed by atoms with Crippen molar-refractivity contribution in [1.29, 1.82) is 0 Å². The topological polar surface area (TPSA) is 85.3 Å². The lowest BCUT2D eigenvalue weighted by Gasteiger charge is -2.26. The van der Waals surface area contributed by atoms with Crippen molar-refractivity contribution in [2.75, 3.05) is 18.8 Å². The second-order valence-electron chi connectivity index (χ2n) is 7.46. The Morgan fingerprint density at radius 3 is 2.52 bits per heavy atom. The minimum absolute atomic E-state index is 0.0513. The number of benzene rings is 3. The summed E-state index contributed by atoms with van der Waals surface area (Å²) in [6.07, 6.45) is 0. The first kappa shape index (κ1) is 20.6. The summed E-state index contributed by atoms with van der Waals surface area (Å²) in [6.45, 7) is 0.0513. The van der Waals surface area contributed by atoms with Gasteiger partial charge in [0.05, 0.1) is 18.7 Å². The van der Waals surface area contributed by atoms with E-state index in [4.69, 9.17) is 14.2 Å². The summed E-state index contributed by atoms with van der Waals surface area (Å²) in [5.41, 5.74) is 0.967. The molecule has 1 saturated heterocycles. The van der Waals surface area contributed by atoms with Crippen molar-refractivity contribution in [3.63, 3.8) is 0 Å². The lowest BCUT2D eigenvalue weighted by atomic mass is 9.94. The first-order valence-electron chi connectivity index (χ1n) is 10.1. The summed E-state index contributed by atoms with van der Waals surface area (Å²) in [5, 5.41) is 11.2. The molecule has 2 aliphatic rings. The summed E-state index contributed by atoms with van der Waals surface area (Å²) in [4.78, 5) is 27.6. The number of aliphatic hydroxyl groups excluding tert-OH is 1. The van der Waals surface area contributed by atoms with Gasteiger partial charge in [-0.05, 0) is 48.5 Å². The van der Waals surface area contributed by atoms with Crippen molar-refractivity contribution < 1.29 is 33.3 Å². The van der Waals surface area contributed by atoms with Gasteiger partial charge in [-0.3, -0.25) is 14.5 Å². The molecule has 7 nitrogen and oxygen atoms in total. The number of hydrogen-bond acceptors (Lipinski definition) is 6. The molecule has 33 heavy (non-hydrogen) atoms. The Morgan fingerprint density at radius 2 is 1.76 bits per heavy atom. The molecule has 0 aliphatic carbocycles. The number of anilines is 1. The Balaban J connectivity index is 1.73. The molecule has 0 radical (unpaired) electrons. The molecule has 3 aromatic carbocycles. The number of methoxy groups -OCH3 is 1. The molecule has 1 unspecified atom stereocenters. The van der Waals surface area contributed by atoms with Crippen LogP contribution in [0.5, 0.6) is 17.2 Å². The Kier molecular flexibility index (Phi) is 4.97. The average Bonchev–Trinajstić information content (AvgIpc) is 3.41. The number of para-hydroxylation sites is 1. The van der Waals surface area contributed by atoms with Gasteiger partial charge in [0.1, 0.15) is 17.3 Å². The number of nitrogens with zero attached hydrogens (tertiary/aromatic N) is 1. The number of ether oxygens (including phenoxy) is 3. The van der Waals surface area contributed by atoms with Crippen molar-refractivity contribution in [2.24, 2.45) is 0 Å². The van der Waals surface area contributed by atoms with Crippen molar-refractivity contribution in [2.45, 2.75) is 6.04 Å². The van der Waals surface area contributed by atoms with E-state index in [-0.39, 0.29) is 23.7 Å². The van der Waals surface area contributed by atoms with E-state index in [9.17, 15) is 19.1 Å². The van der Waals surface area contributed by atoms with Crippen LogP contribution in [0.1, 0.15) is 17.2 Å². The molecule has 1 atom stereocenters. The minimum atomic E-state index is -1.00. The number of ketones is 1. The Hall–Kier alpha value is -4.33. The molecule has 5 rings (SSSR count). The number of fused-ring (bicyclic) bond motifs is 1. The largest absolute Gasteiger partial charge is 0.507 e. The lowest BCUT2D eigenvalue weighted by Crippen LogP contribution is -2.29. The summed E-state index contributed by atoms with van der Waals surface area (Å²) < 4.78 is 29.7. The van der Waals surface area contributed by atoms with E-state index < -0.39 is 23.5 Å². The maximum absolute atomic E-state index is 13.6. The first-order chi connectivity index (χ1) is 16.0. The second kappa shape index (κ2) is 7.98. The predicted octanol–water partition coefficient (Wildman–Crippen LogP) is 4.19. The molecule has 0 spiro atoms. The molecular weight excluding hydrogens is 429 g/mol. The molecule has 1 fully saturated rings. The van der Waals surface area contributed by atoms with Gasteiger partial charge in [-0.2, -0.15) is 0 Å². The van der Waals surface area contributed by atoms with Crippen molar-refractivity contribution in [3.05, 3.63) is 89.2 Å². The van der Waals surface area contributed by atoms with E-state index in [2.05, 4.69) is 0 Å².